The van der Waals surface area contributed by atoms with E-state index in [1.165, 1.54) is 12.1 Å². The van der Waals surface area contributed by atoms with E-state index in [0.29, 0.717) is 5.69 Å². The molecule has 2 amide bonds. The zero-order chi connectivity index (χ0) is 20.4. The average molecular weight is 396 g/mol. The first kappa shape index (κ1) is 18.5. The van der Waals surface area contributed by atoms with Crippen molar-refractivity contribution < 1.29 is 18.0 Å². The first-order valence-corrected chi connectivity index (χ1v) is 8.67. The second-order valence-corrected chi connectivity index (χ2v) is 6.36. The number of amides is 2. The van der Waals surface area contributed by atoms with Gasteiger partial charge in [0.2, 0.25) is 0 Å². The molecule has 0 saturated carbocycles. The Labute approximate surface area is 163 Å². The smallest absolute Gasteiger partial charge is 0.359 e. The van der Waals surface area contributed by atoms with Gasteiger partial charge < -0.3 is 15.6 Å². The van der Waals surface area contributed by atoms with Crippen molar-refractivity contribution in [2.24, 2.45) is 0 Å². The van der Waals surface area contributed by atoms with E-state index in [1.807, 2.05) is 24.4 Å². The highest BCUT2D eigenvalue weighted by atomic mass is 19.4. The first-order chi connectivity index (χ1) is 13.9. The number of hydrogen-bond acceptors (Lipinski definition) is 2. The van der Waals surface area contributed by atoms with Gasteiger partial charge in [-0.25, -0.2) is 4.79 Å². The molecular weight excluding hydrogens is 381 g/mol. The van der Waals surface area contributed by atoms with Crippen molar-refractivity contribution in [1.82, 2.24) is 9.97 Å². The van der Waals surface area contributed by atoms with Crippen molar-refractivity contribution in [1.29, 1.82) is 0 Å². The normalized spacial score (nSPS) is 11.4. The van der Waals surface area contributed by atoms with Gasteiger partial charge in [0.05, 0.1) is 17.3 Å². The highest BCUT2D eigenvalue weighted by Gasteiger charge is 2.30. The van der Waals surface area contributed by atoms with Gasteiger partial charge in [0, 0.05) is 34.7 Å². The molecule has 0 radical (unpaired) electrons. The van der Waals surface area contributed by atoms with Crippen molar-refractivity contribution in [3.8, 4) is 11.1 Å². The summed E-state index contributed by atoms with van der Waals surface area (Å²) in [6.07, 6.45) is 0.873. The second kappa shape index (κ2) is 7.31. The van der Waals surface area contributed by atoms with Crippen LogP contribution in [-0.2, 0) is 6.18 Å². The molecule has 0 aliphatic heterocycles. The average Bonchev–Trinajstić information content (AvgIpc) is 3.12. The summed E-state index contributed by atoms with van der Waals surface area (Å²) in [5, 5.41) is 6.05. The molecule has 8 heteroatoms. The zero-order valence-electron chi connectivity index (χ0n) is 14.9. The molecule has 0 bridgehead atoms. The van der Waals surface area contributed by atoms with Gasteiger partial charge in [-0.3, -0.25) is 4.98 Å². The second-order valence-electron chi connectivity index (χ2n) is 6.36. The minimum absolute atomic E-state index is 0.0568. The Morgan fingerprint density at radius 3 is 2.48 bits per heavy atom. The highest BCUT2D eigenvalue weighted by Crippen LogP contribution is 2.31. The van der Waals surface area contributed by atoms with Gasteiger partial charge in [-0.05, 0) is 42.0 Å². The summed E-state index contributed by atoms with van der Waals surface area (Å²) < 4.78 is 38.3. The Hall–Kier alpha value is -3.81. The maximum atomic E-state index is 12.8. The lowest BCUT2D eigenvalue weighted by Gasteiger charge is -2.11. The van der Waals surface area contributed by atoms with Crippen molar-refractivity contribution >= 4 is 28.3 Å². The fourth-order valence-electron chi connectivity index (χ4n) is 3.01. The number of anilines is 2. The number of aromatic amines is 1. The van der Waals surface area contributed by atoms with E-state index in [0.717, 1.165) is 34.2 Å². The third kappa shape index (κ3) is 4.06. The van der Waals surface area contributed by atoms with Crippen LogP contribution >= 0.6 is 0 Å². The van der Waals surface area contributed by atoms with Crippen LogP contribution in [0.4, 0.5) is 29.3 Å². The summed E-state index contributed by atoms with van der Waals surface area (Å²) in [6.45, 7) is 0. The van der Waals surface area contributed by atoms with Crippen molar-refractivity contribution in [2.45, 2.75) is 6.18 Å². The lowest BCUT2D eigenvalue weighted by molar-refractivity contribution is -0.137. The molecule has 0 aliphatic carbocycles. The Balaban J connectivity index is 1.46. The number of carbonyl (C=O) groups is 1. The number of nitrogens with zero attached hydrogens (tertiary/aromatic N) is 1. The van der Waals surface area contributed by atoms with Crippen LogP contribution in [0, 0.1) is 0 Å². The van der Waals surface area contributed by atoms with E-state index >= 15 is 0 Å². The van der Waals surface area contributed by atoms with Crippen LogP contribution in [0.5, 0.6) is 0 Å². The minimum Gasteiger partial charge on any atom is -0.359 e. The van der Waals surface area contributed by atoms with E-state index in [1.54, 1.807) is 24.5 Å². The largest absolute Gasteiger partial charge is 0.416 e. The Bertz CT molecular complexity index is 1170. The van der Waals surface area contributed by atoms with Gasteiger partial charge in [0.15, 0.2) is 0 Å². The number of benzene rings is 2. The van der Waals surface area contributed by atoms with Gasteiger partial charge in [-0.15, -0.1) is 0 Å². The molecule has 4 rings (SSSR count). The first-order valence-electron chi connectivity index (χ1n) is 8.67. The predicted octanol–water partition coefficient (Wildman–Crippen LogP) is 5.89. The molecule has 0 saturated heterocycles. The number of urea groups is 1. The van der Waals surface area contributed by atoms with Crippen LogP contribution < -0.4 is 10.6 Å². The molecule has 3 N–H and O–H groups in total. The van der Waals surface area contributed by atoms with Gasteiger partial charge in [-0.1, -0.05) is 18.2 Å². The molecule has 5 nitrogen and oxygen atoms in total. The number of fused-ring (bicyclic) bond motifs is 1. The van der Waals surface area contributed by atoms with Gasteiger partial charge >= 0.3 is 12.2 Å². The van der Waals surface area contributed by atoms with Crippen LogP contribution in [0.15, 0.2) is 73.2 Å². The number of alkyl halides is 3. The summed E-state index contributed by atoms with van der Waals surface area (Å²) in [7, 11) is 0. The number of carbonyl (C=O) groups excluding carboxylic acids is 1. The zero-order valence-corrected chi connectivity index (χ0v) is 14.9. The van der Waals surface area contributed by atoms with E-state index in [4.69, 9.17) is 0 Å². The number of rotatable bonds is 3. The molecule has 0 aliphatic rings. The molecule has 4 aromatic rings. The SMILES string of the molecule is O=C(Nc1ccc(-c2c[nH]c3cnccc23)cc1)Nc1cccc(C(F)(F)F)c1. The Morgan fingerprint density at radius 2 is 1.72 bits per heavy atom. The fraction of sp³-hybridized carbons (Fsp3) is 0.0476. The number of nitrogens with one attached hydrogen (secondary N) is 3. The molecule has 29 heavy (non-hydrogen) atoms. The monoisotopic (exact) mass is 396 g/mol. The quantitative estimate of drug-likeness (QED) is 0.404. The maximum Gasteiger partial charge on any atom is 0.416 e. The maximum absolute atomic E-state index is 12.8. The van der Waals surface area contributed by atoms with Crippen molar-refractivity contribution in [3.63, 3.8) is 0 Å². The lowest BCUT2D eigenvalue weighted by atomic mass is 10.1. The van der Waals surface area contributed by atoms with E-state index < -0.39 is 17.8 Å². The Morgan fingerprint density at radius 1 is 0.966 bits per heavy atom. The number of H-pyrrole nitrogens is 1. The third-order valence-electron chi connectivity index (χ3n) is 4.38. The minimum atomic E-state index is -4.47. The molecule has 0 fully saturated rings. The van der Waals surface area contributed by atoms with Crippen molar-refractivity contribution in [2.75, 3.05) is 10.6 Å². The van der Waals surface area contributed by atoms with Crippen LogP contribution in [-0.4, -0.2) is 16.0 Å². The van der Waals surface area contributed by atoms with Gasteiger partial charge in [-0.2, -0.15) is 13.2 Å². The fourth-order valence-corrected chi connectivity index (χ4v) is 3.01. The van der Waals surface area contributed by atoms with Crippen molar-refractivity contribution in [3.05, 3.63) is 78.8 Å². The Kier molecular flexibility index (Phi) is 4.67. The molecule has 2 aromatic heterocycles. The van der Waals surface area contributed by atoms with E-state index in [-0.39, 0.29) is 5.69 Å². The number of hydrogen-bond donors (Lipinski definition) is 3. The topological polar surface area (TPSA) is 69.8 Å². The molecule has 0 spiro atoms. The predicted molar refractivity (Wildman–Crippen MR) is 106 cm³/mol. The molecule has 2 aromatic carbocycles. The van der Waals surface area contributed by atoms with Gasteiger partial charge in [0.1, 0.15) is 0 Å². The number of halogens is 3. The standard InChI is InChI=1S/C21H15F3N4O/c22-21(23,24)14-2-1-3-16(10-14)28-20(29)27-15-6-4-13(5-7-15)18-11-26-19-12-25-9-8-17(18)19/h1-12,26H,(H2,27,28,29). The molecule has 146 valence electrons. The van der Waals surface area contributed by atoms with E-state index in [2.05, 4.69) is 20.6 Å². The summed E-state index contributed by atoms with van der Waals surface area (Å²) >= 11 is 0. The summed E-state index contributed by atoms with van der Waals surface area (Å²) in [4.78, 5) is 19.3. The molecule has 2 heterocycles. The van der Waals surface area contributed by atoms with Crippen LogP contribution in [0.2, 0.25) is 0 Å². The van der Waals surface area contributed by atoms with Gasteiger partial charge in [0.25, 0.3) is 0 Å². The van der Waals surface area contributed by atoms with E-state index in [9.17, 15) is 18.0 Å². The lowest BCUT2D eigenvalue weighted by Crippen LogP contribution is -2.19. The molecule has 0 atom stereocenters. The highest BCUT2D eigenvalue weighted by molar-refractivity contribution is 6.00. The summed E-state index contributed by atoms with van der Waals surface area (Å²) in [5.74, 6) is 0. The summed E-state index contributed by atoms with van der Waals surface area (Å²) in [6, 6.07) is 12.9. The van der Waals surface area contributed by atoms with Crippen LogP contribution in [0.3, 0.4) is 0 Å². The molecule has 0 unspecified atom stereocenters. The molecular formula is C21H15F3N4O. The number of pyridine rings is 1. The third-order valence-corrected chi connectivity index (χ3v) is 4.38. The number of aromatic nitrogens is 2. The van der Waals surface area contributed by atoms with Crippen LogP contribution in [0.1, 0.15) is 5.56 Å². The van der Waals surface area contributed by atoms with Crippen LogP contribution in [0.25, 0.3) is 22.0 Å². The summed E-state index contributed by atoms with van der Waals surface area (Å²) in [5.41, 5.74) is 2.62.